The van der Waals surface area contributed by atoms with Crippen molar-refractivity contribution in [2.45, 2.75) is 44.7 Å². The minimum atomic E-state index is -3.84. The Hall–Kier alpha value is -2.71. The molecule has 0 aliphatic rings. The third-order valence-electron chi connectivity index (χ3n) is 4.40. The van der Waals surface area contributed by atoms with Crippen molar-refractivity contribution in [3.8, 4) is 0 Å². The maximum Gasteiger partial charge on any atom is 0.324 e. The molecule has 0 bridgehead atoms. The van der Waals surface area contributed by atoms with Gasteiger partial charge in [0.1, 0.15) is 18.3 Å². The van der Waals surface area contributed by atoms with Crippen LogP contribution in [0.5, 0.6) is 0 Å². The molecule has 154 valence electrons. The van der Waals surface area contributed by atoms with Gasteiger partial charge in [0.2, 0.25) is 10.0 Å². The summed E-state index contributed by atoms with van der Waals surface area (Å²) in [6.45, 7) is 5.69. The van der Waals surface area contributed by atoms with Gasteiger partial charge < -0.3 is 9.14 Å². The summed E-state index contributed by atoms with van der Waals surface area (Å²) in [7, 11) is -3.84. The van der Waals surface area contributed by atoms with E-state index in [1.165, 1.54) is 12.1 Å². The van der Waals surface area contributed by atoms with E-state index >= 15 is 0 Å². The summed E-state index contributed by atoms with van der Waals surface area (Å²) in [5.74, 6) is -0.519. The molecule has 8 heteroatoms. The number of imidazole rings is 1. The molecule has 0 aliphatic carbocycles. The van der Waals surface area contributed by atoms with E-state index in [9.17, 15) is 13.2 Å². The Morgan fingerprint density at radius 3 is 2.55 bits per heavy atom. The van der Waals surface area contributed by atoms with Crippen LogP contribution in [0.15, 0.2) is 59.8 Å². The highest BCUT2D eigenvalue weighted by molar-refractivity contribution is 7.89. The molecule has 0 saturated carbocycles. The van der Waals surface area contributed by atoms with Crippen LogP contribution in [-0.4, -0.2) is 29.8 Å². The van der Waals surface area contributed by atoms with Gasteiger partial charge in [0.15, 0.2) is 0 Å². The Labute approximate surface area is 170 Å². The largest absolute Gasteiger partial charge is 0.458 e. The summed E-state index contributed by atoms with van der Waals surface area (Å²) in [4.78, 5) is 17.1. The molecule has 3 rings (SSSR count). The highest BCUT2D eigenvalue weighted by Gasteiger charge is 2.28. The molecule has 2 heterocycles. The average molecular weight is 416 g/mol. The number of aryl methyl sites for hydroxylation is 1. The van der Waals surface area contributed by atoms with Gasteiger partial charge in [0.25, 0.3) is 0 Å². The fourth-order valence-electron chi connectivity index (χ4n) is 2.94. The number of hydrogen-bond acceptors (Lipinski definition) is 5. The number of nitrogens with one attached hydrogen (secondary N) is 1. The van der Waals surface area contributed by atoms with E-state index in [1.54, 1.807) is 18.3 Å². The number of sulfonamides is 1. The van der Waals surface area contributed by atoms with E-state index in [4.69, 9.17) is 4.74 Å². The quantitative estimate of drug-likeness (QED) is 0.571. The van der Waals surface area contributed by atoms with Gasteiger partial charge in [-0.2, -0.15) is 4.72 Å². The zero-order chi connectivity index (χ0) is 21.0. The first kappa shape index (κ1) is 21.0. The number of benzene rings is 1. The summed E-state index contributed by atoms with van der Waals surface area (Å²) in [6.07, 6.45) is 3.95. The van der Waals surface area contributed by atoms with Gasteiger partial charge in [-0.25, -0.2) is 13.4 Å². The highest BCUT2D eigenvalue weighted by Crippen LogP contribution is 2.15. The number of carbonyl (C=O) groups excluding carboxylic acids is 1. The Morgan fingerprint density at radius 2 is 1.90 bits per heavy atom. The molecule has 7 nitrogen and oxygen atoms in total. The number of aromatic nitrogens is 2. The third-order valence-corrected chi connectivity index (χ3v) is 5.88. The van der Waals surface area contributed by atoms with E-state index in [-0.39, 0.29) is 17.4 Å². The van der Waals surface area contributed by atoms with Crippen LogP contribution < -0.4 is 4.72 Å². The molecule has 1 atom stereocenters. The van der Waals surface area contributed by atoms with Gasteiger partial charge in [-0.3, -0.25) is 4.79 Å². The average Bonchev–Trinajstić information content (AvgIpc) is 3.08. The van der Waals surface area contributed by atoms with Gasteiger partial charge in [-0.15, -0.1) is 0 Å². The second-order valence-corrected chi connectivity index (χ2v) is 9.14. The Bertz CT molecular complexity index is 1060. The van der Waals surface area contributed by atoms with Crippen LogP contribution in [0.1, 0.15) is 31.5 Å². The van der Waals surface area contributed by atoms with E-state index in [0.717, 1.165) is 11.2 Å². The number of esters is 1. The number of nitrogens with zero attached hydrogens (tertiary/aromatic N) is 2. The molecule has 0 radical (unpaired) electrons. The summed E-state index contributed by atoms with van der Waals surface area (Å²) < 4.78 is 35.1. The van der Waals surface area contributed by atoms with Gasteiger partial charge in [-0.1, -0.05) is 37.6 Å². The van der Waals surface area contributed by atoms with Gasteiger partial charge in [-0.05, 0) is 43.5 Å². The fraction of sp³-hybridized carbons (Fsp3) is 0.333. The molecule has 29 heavy (non-hydrogen) atoms. The van der Waals surface area contributed by atoms with Crippen molar-refractivity contribution in [2.24, 2.45) is 5.92 Å². The van der Waals surface area contributed by atoms with Crippen molar-refractivity contribution in [3.63, 3.8) is 0 Å². The Morgan fingerprint density at radius 1 is 1.17 bits per heavy atom. The maximum atomic E-state index is 12.7. The first-order valence-electron chi connectivity index (χ1n) is 9.43. The molecule has 0 fully saturated rings. The summed E-state index contributed by atoms with van der Waals surface area (Å²) in [5.41, 5.74) is 2.29. The molecule has 0 spiro atoms. The van der Waals surface area contributed by atoms with Gasteiger partial charge in [0.05, 0.1) is 10.6 Å². The molecular weight excluding hydrogens is 390 g/mol. The highest BCUT2D eigenvalue weighted by atomic mass is 32.2. The van der Waals surface area contributed by atoms with Crippen LogP contribution in [0.3, 0.4) is 0 Å². The molecule has 2 aromatic heterocycles. The van der Waals surface area contributed by atoms with Crippen molar-refractivity contribution >= 4 is 21.6 Å². The zero-order valence-corrected chi connectivity index (χ0v) is 17.5. The molecule has 3 aromatic rings. The molecule has 0 amide bonds. The monoisotopic (exact) mass is 415 g/mol. The molecule has 0 saturated heterocycles. The first-order chi connectivity index (χ1) is 13.7. The van der Waals surface area contributed by atoms with E-state index in [2.05, 4.69) is 9.71 Å². The number of ether oxygens (including phenoxy) is 1. The standard InChI is InChI=1S/C21H25N3O4S/c1-15(2)12-19(23-29(26,27)18-9-7-16(3)8-10-18)21(25)28-14-17-13-24-11-5-4-6-20(24)22-17/h4-11,13,15,19,23H,12,14H2,1-3H3/t19-/m0/s1. The molecular formula is C21H25N3O4S. The second-order valence-electron chi connectivity index (χ2n) is 7.42. The lowest BCUT2D eigenvalue weighted by atomic mass is 10.1. The zero-order valence-electron chi connectivity index (χ0n) is 16.7. The summed E-state index contributed by atoms with van der Waals surface area (Å²) in [6, 6.07) is 11.1. The van der Waals surface area contributed by atoms with Gasteiger partial charge in [0, 0.05) is 12.4 Å². The first-order valence-corrected chi connectivity index (χ1v) is 10.9. The number of rotatable bonds is 8. The van der Waals surface area contributed by atoms with E-state index in [0.29, 0.717) is 12.1 Å². The van der Waals surface area contributed by atoms with Crippen LogP contribution in [0, 0.1) is 12.8 Å². The van der Waals surface area contributed by atoms with Crippen molar-refractivity contribution in [1.29, 1.82) is 0 Å². The lowest BCUT2D eigenvalue weighted by molar-refractivity contribution is -0.147. The minimum absolute atomic E-state index is 0.0264. The number of hydrogen-bond donors (Lipinski definition) is 1. The number of fused-ring (bicyclic) bond motifs is 1. The smallest absolute Gasteiger partial charge is 0.324 e. The molecule has 0 unspecified atom stereocenters. The van der Waals surface area contributed by atoms with Gasteiger partial charge >= 0.3 is 5.97 Å². The summed E-state index contributed by atoms with van der Waals surface area (Å²) >= 11 is 0. The van der Waals surface area contributed by atoms with Crippen LogP contribution in [-0.2, 0) is 26.2 Å². The van der Waals surface area contributed by atoms with E-state index < -0.39 is 22.0 Å². The van der Waals surface area contributed by atoms with Crippen molar-refractivity contribution in [1.82, 2.24) is 14.1 Å². The lowest BCUT2D eigenvalue weighted by Crippen LogP contribution is -2.42. The SMILES string of the molecule is Cc1ccc(S(=O)(=O)N[C@@H](CC(C)C)C(=O)OCc2cn3ccccc3n2)cc1. The van der Waals surface area contributed by atoms with Crippen molar-refractivity contribution in [3.05, 3.63) is 66.1 Å². The van der Waals surface area contributed by atoms with Crippen LogP contribution >= 0.6 is 0 Å². The van der Waals surface area contributed by atoms with Crippen molar-refractivity contribution in [2.75, 3.05) is 0 Å². The molecule has 1 aromatic carbocycles. The number of pyridine rings is 1. The summed E-state index contributed by atoms with van der Waals surface area (Å²) in [5, 5.41) is 0. The number of carbonyl (C=O) groups is 1. The maximum absolute atomic E-state index is 12.7. The van der Waals surface area contributed by atoms with Crippen LogP contribution in [0.4, 0.5) is 0 Å². The second kappa shape index (κ2) is 8.75. The van der Waals surface area contributed by atoms with Crippen molar-refractivity contribution < 1.29 is 17.9 Å². The van der Waals surface area contributed by atoms with Crippen LogP contribution in [0.2, 0.25) is 0 Å². The molecule has 1 N–H and O–H groups in total. The third kappa shape index (κ3) is 5.42. The Kier molecular flexibility index (Phi) is 6.34. The Balaban J connectivity index is 1.71. The predicted molar refractivity (Wildman–Crippen MR) is 110 cm³/mol. The predicted octanol–water partition coefficient (Wildman–Crippen LogP) is 3.08. The molecule has 0 aliphatic heterocycles. The van der Waals surface area contributed by atoms with E-state index in [1.807, 2.05) is 49.6 Å². The minimum Gasteiger partial charge on any atom is -0.458 e. The van der Waals surface area contributed by atoms with Crippen LogP contribution in [0.25, 0.3) is 5.65 Å². The normalized spacial score (nSPS) is 13.0. The lowest BCUT2D eigenvalue weighted by Gasteiger charge is -2.19. The fourth-order valence-corrected chi connectivity index (χ4v) is 4.14. The topological polar surface area (TPSA) is 89.8 Å².